The molecular formula is C39H49NO7Si. The minimum absolute atomic E-state index is 0.176. The van der Waals surface area contributed by atoms with Crippen LogP contribution in [-0.4, -0.2) is 62.3 Å². The summed E-state index contributed by atoms with van der Waals surface area (Å²) in [6.45, 7) is 15.2. The number of amides is 2. The Morgan fingerprint density at radius 2 is 1.12 bits per heavy atom. The molecule has 0 bridgehead atoms. The summed E-state index contributed by atoms with van der Waals surface area (Å²) >= 11 is 0. The van der Waals surface area contributed by atoms with Crippen LogP contribution in [0.2, 0.25) is 18.1 Å². The molecule has 48 heavy (non-hydrogen) atoms. The second kappa shape index (κ2) is 15.4. The standard InChI is InChI=1S/C39H49NO7Si/c1-27-28(2)37(42)40(36(27)41)33-35(45-25-31-21-15-10-16-22-31)34(44-24-30-19-13-9-14-20-30)32(26-43-23-29-17-11-8-12-18-29)46-38(33)47-48(6,7)39(3,4)5/h8-22,32-35,38H,23-26H2,1-7H3/t32-,33-,34-,35-,38+/m1/s1. The Hall–Kier alpha value is -3.44. The first-order valence-corrected chi connectivity index (χ1v) is 19.6. The molecule has 9 heteroatoms. The van der Waals surface area contributed by atoms with Gasteiger partial charge in [0.05, 0.1) is 26.4 Å². The van der Waals surface area contributed by atoms with Gasteiger partial charge in [0.2, 0.25) is 0 Å². The highest BCUT2D eigenvalue weighted by atomic mass is 28.4. The average Bonchev–Trinajstić information content (AvgIpc) is 3.25. The molecule has 256 valence electrons. The van der Waals surface area contributed by atoms with Crippen molar-refractivity contribution in [3.8, 4) is 0 Å². The second-order valence-corrected chi connectivity index (χ2v) is 18.9. The maximum absolute atomic E-state index is 13.9. The van der Waals surface area contributed by atoms with Crippen LogP contribution in [0, 0.1) is 0 Å². The molecule has 2 heterocycles. The van der Waals surface area contributed by atoms with E-state index in [-0.39, 0.29) is 36.7 Å². The van der Waals surface area contributed by atoms with Crippen LogP contribution < -0.4 is 0 Å². The largest absolute Gasteiger partial charge is 0.391 e. The molecule has 0 saturated carbocycles. The number of rotatable bonds is 13. The Bertz CT molecular complexity index is 1530. The Balaban J connectivity index is 1.56. The summed E-state index contributed by atoms with van der Waals surface area (Å²) in [4.78, 5) is 29.0. The van der Waals surface area contributed by atoms with E-state index in [1.807, 2.05) is 91.0 Å². The smallest absolute Gasteiger partial charge is 0.257 e. The fourth-order valence-electron chi connectivity index (χ4n) is 5.70. The van der Waals surface area contributed by atoms with Gasteiger partial charge < -0.3 is 23.4 Å². The van der Waals surface area contributed by atoms with Gasteiger partial charge in [-0.3, -0.25) is 14.5 Å². The van der Waals surface area contributed by atoms with E-state index in [9.17, 15) is 9.59 Å². The SMILES string of the molecule is CC1=C(C)C(=O)N([C@H]2[C@H](O[Si](C)(C)C(C)(C)C)O[C@H](COCc3ccccc3)[C@@H](OCc3ccccc3)[C@@H]2OCc2ccccc2)C1=O. The summed E-state index contributed by atoms with van der Waals surface area (Å²) in [5.74, 6) is -0.743. The minimum atomic E-state index is -2.51. The number of carbonyl (C=O) groups is 2. The Labute approximate surface area is 286 Å². The zero-order valence-corrected chi connectivity index (χ0v) is 30.2. The van der Waals surface area contributed by atoms with Crippen molar-refractivity contribution in [2.24, 2.45) is 0 Å². The van der Waals surface area contributed by atoms with E-state index < -0.39 is 39.0 Å². The summed E-state index contributed by atoms with van der Waals surface area (Å²) < 4.78 is 33.6. The number of nitrogens with zero attached hydrogens (tertiary/aromatic N) is 1. The number of hydrogen-bond donors (Lipinski definition) is 0. The molecule has 2 amide bonds. The van der Waals surface area contributed by atoms with Crippen LogP contribution in [0.3, 0.4) is 0 Å². The zero-order valence-electron chi connectivity index (χ0n) is 29.2. The van der Waals surface area contributed by atoms with Gasteiger partial charge >= 0.3 is 0 Å². The maximum atomic E-state index is 13.9. The van der Waals surface area contributed by atoms with E-state index in [0.29, 0.717) is 17.8 Å². The van der Waals surface area contributed by atoms with Crippen molar-refractivity contribution in [1.29, 1.82) is 0 Å². The number of ether oxygens (including phenoxy) is 4. The highest BCUT2D eigenvalue weighted by Gasteiger charge is 2.56. The fraction of sp³-hybridized carbons (Fsp3) is 0.436. The minimum Gasteiger partial charge on any atom is -0.391 e. The van der Waals surface area contributed by atoms with Gasteiger partial charge in [-0.05, 0) is 48.7 Å². The number of carbonyl (C=O) groups excluding carboxylic acids is 2. The molecule has 0 N–H and O–H groups in total. The lowest BCUT2D eigenvalue weighted by atomic mass is 9.94. The molecular weight excluding hydrogens is 623 g/mol. The third-order valence-corrected chi connectivity index (χ3v) is 14.2. The molecule has 0 unspecified atom stereocenters. The fourth-order valence-corrected chi connectivity index (χ4v) is 6.83. The first-order valence-electron chi connectivity index (χ1n) is 16.7. The van der Waals surface area contributed by atoms with Crippen molar-refractivity contribution >= 4 is 20.1 Å². The molecule has 3 aromatic rings. The average molecular weight is 672 g/mol. The molecule has 3 aromatic carbocycles. The van der Waals surface area contributed by atoms with Crippen LogP contribution in [0.4, 0.5) is 0 Å². The van der Waals surface area contributed by atoms with Crippen LogP contribution >= 0.6 is 0 Å². The molecule has 8 nitrogen and oxygen atoms in total. The van der Waals surface area contributed by atoms with Gasteiger partial charge in [0.25, 0.3) is 11.8 Å². The lowest BCUT2D eigenvalue weighted by molar-refractivity contribution is -0.284. The van der Waals surface area contributed by atoms with Crippen molar-refractivity contribution < 1.29 is 33.0 Å². The van der Waals surface area contributed by atoms with Crippen LogP contribution in [0.5, 0.6) is 0 Å². The van der Waals surface area contributed by atoms with E-state index in [2.05, 4.69) is 33.9 Å². The van der Waals surface area contributed by atoms with Crippen molar-refractivity contribution in [3.63, 3.8) is 0 Å². The Kier molecular flexibility index (Phi) is 11.5. The summed E-state index contributed by atoms with van der Waals surface area (Å²) in [6, 6.07) is 28.7. The third kappa shape index (κ3) is 8.22. The van der Waals surface area contributed by atoms with E-state index >= 15 is 0 Å². The molecule has 1 saturated heterocycles. The maximum Gasteiger partial charge on any atom is 0.257 e. The molecule has 5 atom stereocenters. The monoisotopic (exact) mass is 671 g/mol. The van der Waals surface area contributed by atoms with Gasteiger partial charge in [-0.25, -0.2) is 0 Å². The Morgan fingerprint density at radius 1 is 0.688 bits per heavy atom. The molecule has 0 aromatic heterocycles. The van der Waals surface area contributed by atoms with Crippen molar-refractivity contribution in [1.82, 2.24) is 4.90 Å². The summed E-state index contributed by atoms with van der Waals surface area (Å²) in [7, 11) is -2.51. The molecule has 0 aliphatic carbocycles. The molecule has 2 aliphatic rings. The normalized spacial score (nSPS) is 23.6. The van der Waals surface area contributed by atoms with Gasteiger partial charge in [0.15, 0.2) is 14.6 Å². The quantitative estimate of drug-likeness (QED) is 0.141. The van der Waals surface area contributed by atoms with Crippen molar-refractivity contribution in [2.45, 2.75) is 103 Å². The first kappa shape index (κ1) is 35.9. The number of benzene rings is 3. The molecule has 1 fully saturated rings. The van der Waals surface area contributed by atoms with Gasteiger partial charge in [-0.2, -0.15) is 0 Å². The second-order valence-electron chi connectivity index (χ2n) is 14.2. The van der Waals surface area contributed by atoms with Crippen LogP contribution in [0.25, 0.3) is 0 Å². The molecule has 0 spiro atoms. The molecule has 2 aliphatic heterocycles. The summed E-state index contributed by atoms with van der Waals surface area (Å²) in [5, 5.41) is -0.176. The predicted molar refractivity (Wildman–Crippen MR) is 187 cm³/mol. The molecule has 0 radical (unpaired) electrons. The predicted octanol–water partition coefficient (Wildman–Crippen LogP) is 7.19. The van der Waals surface area contributed by atoms with Gasteiger partial charge in [0, 0.05) is 11.1 Å². The zero-order chi connectivity index (χ0) is 34.5. The number of imide groups is 1. The lowest BCUT2D eigenvalue weighted by Crippen LogP contribution is -2.68. The number of hydrogen-bond acceptors (Lipinski definition) is 7. The van der Waals surface area contributed by atoms with E-state index in [1.54, 1.807) is 13.8 Å². The topological polar surface area (TPSA) is 83.5 Å². The van der Waals surface area contributed by atoms with Crippen LogP contribution in [0.1, 0.15) is 51.3 Å². The van der Waals surface area contributed by atoms with Gasteiger partial charge in [-0.15, -0.1) is 0 Å². The first-order chi connectivity index (χ1) is 22.9. The highest BCUT2D eigenvalue weighted by molar-refractivity contribution is 6.74. The van der Waals surface area contributed by atoms with E-state index in [1.165, 1.54) is 4.90 Å². The van der Waals surface area contributed by atoms with Gasteiger partial charge in [-0.1, -0.05) is 112 Å². The lowest BCUT2D eigenvalue weighted by Gasteiger charge is -2.51. The third-order valence-electron chi connectivity index (χ3n) is 9.74. The summed E-state index contributed by atoms with van der Waals surface area (Å²) in [6.07, 6.45) is -3.11. The molecule has 5 rings (SSSR count). The van der Waals surface area contributed by atoms with Crippen LogP contribution in [-0.2, 0) is 52.8 Å². The van der Waals surface area contributed by atoms with Crippen molar-refractivity contribution in [2.75, 3.05) is 6.61 Å². The summed E-state index contributed by atoms with van der Waals surface area (Å²) in [5.41, 5.74) is 3.77. The van der Waals surface area contributed by atoms with E-state index in [4.69, 9.17) is 23.4 Å². The van der Waals surface area contributed by atoms with Gasteiger partial charge in [0.1, 0.15) is 24.4 Å². The van der Waals surface area contributed by atoms with E-state index in [0.717, 1.165) is 16.7 Å². The Morgan fingerprint density at radius 3 is 1.58 bits per heavy atom. The van der Waals surface area contributed by atoms with Crippen LogP contribution in [0.15, 0.2) is 102 Å². The highest BCUT2D eigenvalue weighted by Crippen LogP contribution is 2.42. The van der Waals surface area contributed by atoms with Crippen molar-refractivity contribution in [3.05, 3.63) is 119 Å².